The number of carboxylic acid groups (broad SMARTS) is 1. The van der Waals surface area contributed by atoms with Gasteiger partial charge in [-0.2, -0.15) is 0 Å². The van der Waals surface area contributed by atoms with Crippen LogP contribution in [0.3, 0.4) is 0 Å². The van der Waals surface area contributed by atoms with Crippen LogP contribution in [0, 0.1) is 0 Å². The third-order valence-electron chi connectivity index (χ3n) is 4.56. The van der Waals surface area contributed by atoms with Gasteiger partial charge >= 0.3 is 5.97 Å². The highest BCUT2D eigenvalue weighted by Gasteiger charge is 2.27. The third kappa shape index (κ3) is 4.23. The van der Waals surface area contributed by atoms with E-state index in [0.717, 1.165) is 29.7 Å². The Morgan fingerprint density at radius 3 is 2.62 bits per heavy atom. The fraction of sp³-hybridized carbons (Fsp3) is 0.333. The first-order valence-corrected chi connectivity index (χ1v) is 8.72. The molecular weight excluding hydrogens is 330 g/mol. The van der Waals surface area contributed by atoms with Crippen molar-refractivity contribution in [3.63, 3.8) is 0 Å². The Kier molecular flexibility index (Phi) is 4.98. The van der Waals surface area contributed by atoms with Crippen molar-refractivity contribution in [2.75, 3.05) is 0 Å². The Hall–Kier alpha value is -2.82. The summed E-state index contributed by atoms with van der Waals surface area (Å²) in [7, 11) is 0. The van der Waals surface area contributed by atoms with Gasteiger partial charge in [0, 0.05) is 0 Å². The second-order valence-electron chi connectivity index (χ2n) is 7.23. The number of rotatable bonds is 5. The first-order chi connectivity index (χ1) is 12.3. The molecule has 2 aromatic rings. The Morgan fingerprint density at radius 2 is 1.92 bits per heavy atom. The highest BCUT2D eigenvalue weighted by atomic mass is 16.5. The van der Waals surface area contributed by atoms with Crippen LogP contribution in [0.1, 0.15) is 43.0 Å². The van der Waals surface area contributed by atoms with E-state index in [9.17, 15) is 14.7 Å². The number of amides is 1. The SMILES string of the molecule is CC1(C)CCc2cc(CC(=O)NC(C(=O)O)c3ccccc3)ccc2O1. The summed E-state index contributed by atoms with van der Waals surface area (Å²) in [6.45, 7) is 4.12. The summed E-state index contributed by atoms with van der Waals surface area (Å²) in [4.78, 5) is 23.9. The summed E-state index contributed by atoms with van der Waals surface area (Å²) >= 11 is 0. The van der Waals surface area contributed by atoms with Crippen LogP contribution in [0.2, 0.25) is 0 Å². The van der Waals surface area contributed by atoms with Gasteiger partial charge in [0.15, 0.2) is 6.04 Å². The molecule has 2 aromatic carbocycles. The fourth-order valence-electron chi connectivity index (χ4n) is 3.15. The molecule has 1 unspecified atom stereocenters. The highest BCUT2D eigenvalue weighted by Crippen LogP contribution is 2.33. The molecule has 1 amide bonds. The maximum Gasteiger partial charge on any atom is 0.330 e. The molecule has 1 atom stereocenters. The summed E-state index contributed by atoms with van der Waals surface area (Å²) < 4.78 is 5.95. The Balaban J connectivity index is 1.69. The smallest absolute Gasteiger partial charge is 0.330 e. The first kappa shape index (κ1) is 18.0. The molecule has 5 nitrogen and oxygen atoms in total. The van der Waals surface area contributed by atoms with Crippen LogP contribution in [0.25, 0.3) is 0 Å². The van der Waals surface area contributed by atoms with E-state index in [1.165, 1.54) is 0 Å². The zero-order valence-electron chi connectivity index (χ0n) is 15.0. The van der Waals surface area contributed by atoms with Gasteiger partial charge in [-0.15, -0.1) is 0 Å². The zero-order chi connectivity index (χ0) is 18.7. The standard InChI is InChI=1S/C21H23NO4/c1-21(2)11-10-16-12-14(8-9-17(16)26-21)13-18(23)22-19(20(24)25)15-6-4-3-5-7-15/h3-9,12,19H,10-11,13H2,1-2H3,(H,22,23)(H,24,25). The van der Waals surface area contributed by atoms with Crippen molar-refractivity contribution >= 4 is 11.9 Å². The number of carbonyl (C=O) groups excluding carboxylic acids is 1. The van der Waals surface area contributed by atoms with Crippen molar-refractivity contribution in [2.24, 2.45) is 0 Å². The molecule has 0 bridgehead atoms. The fourth-order valence-corrected chi connectivity index (χ4v) is 3.15. The van der Waals surface area contributed by atoms with E-state index in [4.69, 9.17) is 4.74 Å². The third-order valence-corrected chi connectivity index (χ3v) is 4.56. The lowest BCUT2D eigenvalue weighted by Crippen LogP contribution is -2.35. The van der Waals surface area contributed by atoms with E-state index in [1.807, 2.05) is 18.2 Å². The number of aryl methyl sites for hydroxylation is 1. The molecule has 1 aliphatic heterocycles. The number of benzene rings is 2. The average Bonchev–Trinajstić information content (AvgIpc) is 2.60. The molecule has 0 fully saturated rings. The second kappa shape index (κ2) is 7.20. The predicted molar refractivity (Wildman–Crippen MR) is 98.1 cm³/mol. The summed E-state index contributed by atoms with van der Waals surface area (Å²) in [6, 6.07) is 13.4. The molecule has 0 radical (unpaired) electrons. The van der Waals surface area contributed by atoms with Crippen molar-refractivity contribution in [2.45, 2.75) is 44.8 Å². The van der Waals surface area contributed by atoms with E-state index in [1.54, 1.807) is 30.3 Å². The van der Waals surface area contributed by atoms with E-state index in [-0.39, 0.29) is 17.9 Å². The van der Waals surface area contributed by atoms with Gasteiger partial charge in [0.2, 0.25) is 5.91 Å². The van der Waals surface area contributed by atoms with Crippen LogP contribution >= 0.6 is 0 Å². The van der Waals surface area contributed by atoms with Gasteiger partial charge < -0.3 is 15.2 Å². The second-order valence-corrected chi connectivity index (χ2v) is 7.23. The summed E-state index contributed by atoms with van der Waals surface area (Å²) in [5, 5.41) is 12.0. The van der Waals surface area contributed by atoms with Crippen LogP contribution in [0.15, 0.2) is 48.5 Å². The van der Waals surface area contributed by atoms with Crippen LogP contribution in [-0.4, -0.2) is 22.6 Å². The topological polar surface area (TPSA) is 75.6 Å². The molecule has 1 aliphatic rings. The Bertz CT molecular complexity index is 814. The van der Waals surface area contributed by atoms with Gasteiger partial charge in [-0.3, -0.25) is 4.79 Å². The van der Waals surface area contributed by atoms with E-state index < -0.39 is 12.0 Å². The molecule has 5 heteroatoms. The van der Waals surface area contributed by atoms with Crippen molar-refractivity contribution in [3.05, 3.63) is 65.2 Å². The Morgan fingerprint density at radius 1 is 1.19 bits per heavy atom. The van der Waals surface area contributed by atoms with E-state index in [0.29, 0.717) is 5.56 Å². The number of carboxylic acids is 1. The van der Waals surface area contributed by atoms with Crippen molar-refractivity contribution in [1.29, 1.82) is 0 Å². The normalized spacial score (nSPS) is 16.1. The summed E-state index contributed by atoms with van der Waals surface area (Å²) in [5.41, 5.74) is 2.32. The zero-order valence-corrected chi connectivity index (χ0v) is 15.0. The number of fused-ring (bicyclic) bond motifs is 1. The molecule has 2 N–H and O–H groups in total. The lowest BCUT2D eigenvalue weighted by molar-refractivity contribution is -0.141. The van der Waals surface area contributed by atoms with Gasteiger partial charge in [0.05, 0.1) is 6.42 Å². The molecule has 26 heavy (non-hydrogen) atoms. The minimum absolute atomic E-state index is 0.132. The van der Waals surface area contributed by atoms with Crippen LogP contribution in [0.5, 0.6) is 5.75 Å². The molecular formula is C21H23NO4. The van der Waals surface area contributed by atoms with Crippen molar-refractivity contribution < 1.29 is 19.4 Å². The quantitative estimate of drug-likeness (QED) is 0.865. The lowest BCUT2D eigenvalue weighted by Gasteiger charge is -2.32. The summed E-state index contributed by atoms with van der Waals surface area (Å²) in [6.07, 6.45) is 1.96. The van der Waals surface area contributed by atoms with Crippen LogP contribution in [0.4, 0.5) is 0 Å². The Labute approximate surface area is 153 Å². The molecule has 0 aromatic heterocycles. The predicted octanol–water partition coefficient (Wildman–Crippen LogP) is 3.27. The number of ether oxygens (including phenoxy) is 1. The first-order valence-electron chi connectivity index (χ1n) is 8.72. The number of aliphatic carboxylic acids is 1. The van der Waals surface area contributed by atoms with Gasteiger partial charge in [-0.25, -0.2) is 4.79 Å². The van der Waals surface area contributed by atoms with Crippen molar-refractivity contribution in [3.8, 4) is 5.75 Å². The van der Waals surface area contributed by atoms with E-state index in [2.05, 4.69) is 19.2 Å². The minimum Gasteiger partial charge on any atom is -0.488 e. The van der Waals surface area contributed by atoms with Gasteiger partial charge in [0.1, 0.15) is 11.4 Å². The lowest BCUT2D eigenvalue weighted by atomic mass is 9.93. The van der Waals surface area contributed by atoms with Gasteiger partial charge in [-0.05, 0) is 49.4 Å². The number of nitrogens with one attached hydrogen (secondary N) is 1. The number of carbonyl (C=O) groups is 2. The van der Waals surface area contributed by atoms with Crippen molar-refractivity contribution in [1.82, 2.24) is 5.32 Å². The minimum atomic E-state index is -1.08. The monoisotopic (exact) mass is 353 g/mol. The molecule has 0 saturated heterocycles. The number of hydrogen-bond acceptors (Lipinski definition) is 3. The van der Waals surface area contributed by atoms with Crippen LogP contribution < -0.4 is 10.1 Å². The van der Waals surface area contributed by atoms with E-state index >= 15 is 0 Å². The van der Waals surface area contributed by atoms with Gasteiger partial charge in [0.25, 0.3) is 0 Å². The van der Waals surface area contributed by atoms with Crippen LogP contribution in [-0.2, 0) is 22.4 Å². The maximum absolute atomic E-state index is 12.4. The van der Waals surface area contributed by atoms with Gasteiger partial charge in [-0.1, -0.05) is 42.5 Å². The summed E-state index contributed by atoms with van der Waals surface area (Å²) in [5.74, 6) is -0.540. The molecule has 1 heterocycles. The molecule has 3 rings (SSSR count). The largest absolute Gasteiger partial charge is 0.488 e. The molecule has 136 valence electrons. The molecule has 0 spiro atoms. The number of hydrogen-bond donors (Lipinski definition) is 2. The molecule has 0 aliphatic carbocycles. The molecule has 0 saturated carbocycles. The average molecular weight is 353 g/mol. The highest BCUT2D eigenvalue weighted by molar-refractivity contribution is 5.85. The maximum atomic E-state index is 12.4.